The van der Waals surface area contributed by atoms with Crippen LogP contribution in [0.2, 0.25) is 0 Å². The molecule has 0 spiro atoms. The highest BCUT2D eigenvalue weighted by atomic mass is 28.3. The van der Waals surface area contributed by atoms with E-state index in [1.54, 1.807) is 0 Å². The van der Waals surface area contributed by atoms with Crippen molar-refractivity contribution in [1.82, 2.24) is 14.1 Å². The van der Waals surface area contributed by atoms with Crippen molar-refractivity contribution in [2.45, 2.75) is 26.2 Å². The highest BCUT2D eigenvalue weighted by Gasteiger charge is 2.42. The molecule has 0 amide bonds. The highest BCUT2D eigenvalue weighted by Crippen LogP contribution is 2.33. The van der Waals surface area contributed by atoms with Crippen molar-refractivity contribution in [3.63, 3.8) is 0 Å². The molecule has 0 atom stereocenters. The fourth-order valence-electron chi connectivity index (χ4n) is 8.83. The Kier molecular flexibility index (Phi) is 8.35. The number of aromatic nitrogens is 4. The van der Waals surface area contributed by atoms with Crippen LogP contribution in [0.15, 0.2) is 207 Å². The lowest BCUT2D eigenvalue weighted by atomic mass is 9.88. The van der Waals surface area contributed by atoms with E-state index in [4.69, 9.17) is 4.98 Å². The average Bonchev–Trinajstić information content (AvgIpc) is 3.81. The molecule has 0 aliphatic heterocycles. The first kappa shape index (κ1) is 34.7. The monoisotopic (exact) mass is 751 g/mol. The van der Waals surface area contributed by atoms with Crippen LogP contribution in [-0.4, -0.2) is 22.2 Å². The zero-order valence-corrected chi connectivity index (χ0v) is 33.4. The smallest absolute Gasteiger partial charge is 0.255 e. The molecule has 0 aliphatic carbocycles. The van der Waals surface area contributed by atoms with Gasteiger partial charge in [0.05, 0.1) is 11.0 Å². The zero-order valence-electron chi connectivity index (χ0n) is 32.4. The molecule has 10 aromatic rings. The fraction of sp³-hybridized carbons (Fsp3) is 0.0769. The topological polar surface area (TPSA) is 26.6 Å². The lowest BCUT2D eigenvalue weighted by Gasteiger charge is -2.34. The molecule has 0 radical (unpaired) electrons. The third-order valence-corrected chi connectivity index (χ3v) is 16.3. The van der Waals surface area contributed by atoms with Gasteiger partial charge < -0.3 is 0 Å². The Labute approximate surface area is 334 Å². The minimum Gasteiger partial charge on any atom is -0.294 e. The van der Waals surface area contributed by atoms with Gasteiger partial charge in [-0.25, -0.2) is 4.98 Å². The summed E-state index contributed by atoms with van der Waals surface area (Å²) in [4.78, 5) is 5.03. The molecular weight excluding hydrogens is 709 g/mol. The molecule has 274 valence electrons. The van der Waals surface area contributed by atoms with E-state index in [1.807, 2.05) is 6.20 Å². The standard InChI is InChI=1S/C52H43N4Si/c1-52(2,3)38-32-33-53-51(34-38)56-47-27-14-13-26-45(47)46-31-30-44(36-50(46)56)57(41-21-9-5-10-22-41,42-23-11-6-12-24-42)43-25-17-20-40(35-43)55-37-54(39-18-7-4-8-19-39)48-28-15-16-29-49(48)55/h4-37H,1-3H3/q+1. The third kappa shape index (κ3) is 5.73. The lowest BCUT2D eigenvalue weighted by Crippen LogP contribution is -2.74. The summed E-state index contributed by atoms with van der Waals surface area (Å²) in [5.41, 5.74) is 8.13. The van der Waals surface area contributed by atoms with Crippen molar-refractivity contribution < 1.29 is 4.57 Å². The lowest BCUT2D eigenvalue weighted by molar-refractivity contribution is -0.567. The predicted molar refractivity (Wildman–Crippen MR) is 239 cm³/mol. The highest BCUT2D eigenvalue weighted by molar-refractivity contribution is 7.20. The summed E-state index contributed by atoms with van der Waals surface area (Å²) >= 11 is 0. The largest absolute Gasteiger partial charge is 0.294 e. The fourth-order valence-corrected chi connectivity index (χ4v) is 13.6. The molecular formula is C52H43N4Si+. The van der Waals surface area contributed by atoms with E-state index in [0.29, 0.717) is 0 Å². The first-order chi connectivity index (χ1) is 27.9. The van der Waals surface area contributed by atoms with E-state index < -0.39 is 8.07 Å². The number of fused-ring (bicyclic) bond motifs is 4. The quantitative estimate of drug-likeness (QED) is 0.0908. The zero-order chi connectivity index (χ0) is 38.6. The van der Waals surface area contributed by atoms with Gasteiger partial charge in [-0.3, -0.25) is 4.57 Å². The van der Waals surface area contributed by atoms with Crippen molar-refractivity contribution in [2.24, 2.45) is 0 Å². The molecule has 0 fully saturated rings. The van der Waals surface area contributed by atoms with Gasteiger partial charge in [0.2, 0.25) is 0 Å². The summed E-state index contributed by atoms with van der Waals surface area (Å²) in [5, 5.41) is 7.75. The first-order valence-corrected chi connectivity index (χ1v) is 21.7. The molecule has 5 heteroatoms. The molecule has 10 rings (SSSR count). The molecule has 0 N–H and O–H groups in total. The van der Waals surface area contributed by atoms with Crippen molar-refractivity contribution in [1.29, 1.82) is 0 Å². The Morgan fingerprint density at radius 1 is 0.491 bits per heavy atom. The summed E-state index contributed by atoms with van der Waals surface area (Å²) in [6.45, 7) is 6.80. The second-order valence-corrected chi connectivity index (χ2v) is 19.8. The van der Waals surface area contributed by atoms with Crippen LogP contribution in [0.5, 0.6) is 0 Å². The maximum atomic E-state index is 5.03. The van der Waals surface area contributed by atoms with Crippen LogP contribution in [0.3, 0.4) is 0 Å². The van der Waals surface area contributed by atoms with Crippen LogP contribution in [0.4, 0.5) is 0 Å². The van der Waals surface area contributed by atoms with Gasteiger partial charge >= 0.3 is 0 Å². The summed E-state index contributed by atoms with van der Waals surface area (Å²) in [7, 11) is -2.97. The molecule has 3 heterocycles. The van der Waals surface area contributed by atoms with E-state index in [-0.39, 0.29) is 5.41 Å². The van der Waals surface area contributed by atoms with Gasteiger partial charge in [0.25, 0.3) is 6.33 Å². The SMILES string of the molecule is CC(C)(C)c1ccnc(-n2c3ccccc3c3ccc([Si](c4ccccc4)(c4ccccc4)c4cccc(-n5c[n+](-c6ccccc6)c6ccccc65)c4)cc32)c1. The van der Waals surface area contributed by atoms with Gasteiger partial charge in [0.1, 0.15) is 17.2 Å². The molecule has 0 unspecified atom stereocenters. The van der Waals surface area contributed by atoms with Crippen molar-refractivity contribution in [2.75, 3.05) is 0 Å². The van der Waals surface area contributed by atoms with Gasteiger partial charge in [-0.15, -0.1) is 0 Å². The predicted octanol–water partition coefficient (Wildman–Crippen LogP) is 9.07. The second-order valence-electron chi connectivity index (χ2n) is 15.9. The number of benzene rings is 7. The van der Waals surface area contributed by atoms with Crippen LogP contribution in [0, 0.1) is 0 Å². The molecule has 4 nitrogen and oxygen atoms in total. The number of para-hydroxylation sites is 4. The Bertz CT molecular complexity index is 3010. The van der Waals surface area contributed by atoms with Crippen LogP contribution < -0.4 is 25.3 Å². The number of rotatable bonds is 7. The number of nitrogens with zero attached hydrogens (tertiary/aromatic N) is 4. The summed E-state index contributed by atoms with van der Waals surface area (Å²) in [5.74, 6) is 0.936. The van der Waals surface area contributed by atoms with Crippen LogP contribution in [0.25, 0.3) is 50.0 Å². The number of hydrogen-bond donors (Lipinski definition) is 0. The maximum absolute atomic E-state index is 5.03. The van der Waals surface area contributed by atoms with Gasteiger partial charge in [-0.05, 0) is 92.4 Å². The van der Waals surface area contributed by atoms with Crippen molar-refractivity contribution >= 4 is 61.7 Å². The number of pyridine rings is 1. The van der Waals surface area contributed by atoms with E-state index in [2.05, 4.69) is 235 Å². The molecule has 0 saturated carbocycles. The minimum absolute atomic E-state index is 0.0132. The molecule has 0 bridgehead atoms. The van der Waals surface area contributed by atoms with Gasteiger partial charge in [-0.1, -0.05) is 154 Å². The Balaban J connectivity index is 1.27. The minimum atomic E-state index is -2.97. The molecule has 0 aliphatic rings. The van der Waals surface area contributed by atoms with Gasteiger partial charge in [-0.2, -0.15) is 9.13 Å². The van der Waals surface area contributed by atoms with E-state index in [0.717, 1.165) is 39.3 Å². The average molecular weight is 752 g/mol. The molecule has 57 heavy (non-hydrogen) atoms. The summed E-state index contributed by atoms with van der Waals surface area (Å²) < 4.78 is 7.01. The van der Waals surface area contributed by atoms with Crippen molar-refractivity contribution in [3.8, 4) is 17.2 Å². The molecule has 0 saturated heterocycles. The first-order valence-electron chi connectivity index (χ1n) is 19.7. The van der Waals surface area contributed by atoms with Crippen LogP contribution >= 0.6 is 0 Å². The van der Waals surface area contributed by atoms with E-state index in [9.17, 15) is 0 Å². The van der Waals surface area contributed by atoms with Gasteiger partial charge in [0.15, 0.2) is 19.1 Å². The Morgan fingerprint density at radius 3 is 1.81 bits per heavy atom. The molecule has 7 aromatic carbocycles. The van der Waals surface area contributed by atoms with E-state index >= 15 is 0 Å². The number of imidazole rings is 1. The number of hydrogen-bond acceptors (Lipinski definition) is 1. The summed E-state index contributed by atoms with van der Waals surface area (Å²) in [6, 6.07) is 71.4. The third-order valence-electron chi connectivity index (χ3n) is 11.6. The summed E-state index contributed by atoms with van der Waals surface area (Å²) in [6.07, 6.45) is 4.20. The van der Waals surface area contributed by atoms with E-state index in [1.165, 1.54) is 37.1 Å². The maximum Gasteiger partial charge on any atom is 0.255 e. The van der Waals surface area contributed by atoms with Crippen molar-refractivity contribution in [3.05, 3.63) is 212 Å². The normalized spacial score (nSPS) is 12.1. The molecule has 3 aromatic heterocycles. The van der Waals surface area contributed by atoms with Crippen LogP contribution in [0.1, 0.15) is 26.3 Å². The van der Waals surface area contributed by atoms with Gasteiger partial charge in [0, 0.05) is 17.0 Å². The van der Waals surface area contributed by atoms with Crippen LogP contribution in [-0.2, 0) is 5.41 Å². The Morgan fingerprint density at radius 2 is 1.09 bits per heavy atom. The Hall–Kier alpha value is -6.82. The second kappa shape index (κ2) is 13.7.